The number of nitrogens with one attached hydrogen (secondary N) is 2. The maximum Gasteiger partial charge on any atom is 0.212 e. The number of aryl methyl sites for hydroxylation is 1. The summed E-state index contributed by atoms with van der Waals surface area (Å²) in [6.45, 7) is 8.63. The van der Waals surface area contributed by atoms with Crippen LogP contribution in [0.1, 0.15) is 36.0 Å². The molecule has 4 unspecified atom stereocenters. The monoisotopic (exact) mass is 619 g/mol. The average Bonchev–Trinajstić information content (AvgIpc) is 3.81. The summed E-state index contributed by atoms with van der Waals surface area (Å²) >= 11 is 0. The number of piperazine rings is 1. The molecule has 11 nitrogen and oxygen atoms in total. The molecule has 0 radical (unpaired) electrons. The summed E-state index contributed by atoms with van der Waals surface area (Å²) in [7, 11) is 1.64. The number of aromatic nitrogens is 4. The molecule has 4 atom stereocenters. The Hall–Kier alpha value is -4.24. The molecule has 5 aliphatic rings. The highest BCUT2D eigenvalue weighted by Gasteiger charge is 2.45. The van der Waals surface area contributed by atoms with Crippen LogP contribution in [0.5, 0.6) is 11.6 Å². The van der Waals surface area contributed by atoms with Crippen molar-refractivity contribution in [3.05, 3.63) is 65.7 Å². The van der Waals surface area contributed by atoms with E-state index in [1.165, 1.54) is 24.8 Å². The maximum absolute atomic E-state index is 9.86. The fraction of sp³-hybridized carbons (Fsp3) is 0.486. The number of nitrogens with zero attached hydrogens (tertiary/aromatic N) is 7. The van der Waals surface area contributed by atoms with Crippen molar-refractivity contribution in [1.29, 1.82) is 5.26 Å². The first-order valence-electron chi connectivity index (χ1n) is 16.5. The summed E-state index contributed by atoms with van der Waals surface area (Å²) in [6, 6.07) is 12.1. The van der Waals surface area contributed by atoms with Gasteiger partial charge in [0.1, 0.15) is 24.2 Å². The highest BCUT2D eigenvalue weighted by Crippen LogP contribution is 2.38. The van der Waals surface area contributed by atoms with Crippen molar-refractivity contribution in [2.24, 2.45) is 11.8 Å². The molecule has 0 amide bonds. The Balaban J connectivity index is 0.951. The van der Waals surface area contributed by atoms with E-state index >= 15 is 0 Å². The molecular weight excluding hydrogens is 578 g/mol. The van der Waals surface area contributed by atoms with Crippen LogP contribution in [-0.4, -0.2) is 89.0 Å². The minimum absolute atomic E-state index is 0.500. The summed E-state index contributed by atoms with van der Waals surface area (Å²) < 4.78 is 13.2. The van der Waals surface area contributed by atoms with E-state index in [4.69, 9.17) is 14.5 Å². The topological polar surface area (TPSA) is 116 Å². The van der Waals surface area contributed by atoms with E-state index in [1.54, 1.807) is 17.8 Å². The SMILES string of the molecule is COc1ccc(CN2C3CC2CN(c2ncc(-c4cc(OCCNC5CC6CNCC6C5)cn5ncc(C#N)c45)cc2C)C3)cn1. The maximum atomic E-state index is 9.86. The van der Waals surface area contributed by atoms with Crippen LogP contribution >= 0.6 is 0 Å². The van der Waals surface area contributed by atoms with E-state index in [-0.39, 0.29) is 0 Å². The van der Waals surface area contributed by atoms with Gasteiger partial charge < -0.3 is 25.0 Å². The van der Waals surface area contributed by atoms with Gasteiger partial charge in [-0.2, -0.15) is 10.4 Å². The van der Waals surface area contributed by atoms with E-state index in [0.717, 1.165) is 84.9 Å². The molecule has 2 N–H and O–H groups in total. The van der Waals surface area contributed by atoms with Gasteiger partial charge in [-0.1, -0.05) is 6.07 Å². The van der Waals surface area contributed by atoms with Crippen LogP contribution in [0.15, 0.2) is 49.1 Å². The quantitative estimate of drug-likeness (QED) is 0.256. The number of rotatable bonds is 10. The number of methoxy groups -OCH3 is 1. The van der Waals surface area contributed by atoms with Crippen molar-refractivity contribution in [3.8, 4) is 28.8 Å². The first-order chi connectivity index (χ1) is 22.6. The van der Waals surface area contributed by atoms with Gasteiger partial charge in [0.15, 0.2) is 0 Å². The van der Waals surface area contributed by atoms with Crippen LogP contribution in [-0.2, 0) is 6.54 Å². The van der Waals surface area contributed by atoms with E-state index < -0.39 is 0 Å². The Morgan fingerprint density at radius 1 is 1.04 bits per heavy atom. The Kier molecular flexibility index (Phi) is 7.72. The zero-order valence-corrected chi connectivity index (χ0v) is 26.5. The van der Waals surface area contributed by atoms with E-state index in [9.17, 15) is 5.26 Å². The number of nitriles is 1. The molecule has 8 heterocycles. The van der Waals surface area contributed by atoms with Crippen molar-refractivity contribution >= 4 is 11.3 Å². The third kappa shape index (κ3) is 5.44. The lowest BCUT2D eigenvalue weighted by molar-refractivity contribution is -0.00880. The molecule has 0 aromatic carbocycles. The van der Waals surface area contributed by atoms with Crippen LogP contribution in [0.3, 0.4) is 0 Å². The van der Waals surface area contributed by atoms with E-state index in [1.807, 2.05) is 30.7 Å². The summed E-state index contributed by atoms with van der Waals surface area (Å²) in [5.74, 6) is 4.04. The molecular formula is C35H41N9O2. The minimum Gasteiger partial charge on any atom is -0.491 e. The van der Waals surface area contributed by atoms with Gasteiger partial charge in [0.2, 0.25) is 5.88 Å². The average molecular weight is 620 g/mol. The van der Waals surface area contributed by atoms with E-state index in [0.29, 0.717) is 36.2 Å². The standard InChI is InChI=1S/C35H41N9O2/c1-22-7-26(16-40-35(22)42-19-29-10-30(20-42)43(29)18-23-3-4-33(45-2)39-13-23)32-11-31(21-44-34(32)27(12-36)17-41-44)46-6-5-38-28-8-24-14-37-15-25(24)9-28/h3-4,7,11,13,16-17,21,24-25,28-30,37-38H,5-6,8-10,14-15,18-20H2,1-2H3. The van der Waals surface area contributed by atoms with Crippen molar-refractivity contribution in [2.75, 3.05) is 51.3 Å². The van der Waals surface area contributed by atoms with Gasteiger partial charge in [-0.05, 0) is 74.4 Å². The third-order valence-corrected chi connectivity index (χ3v) is 10.5. The Morgan fingerprint density at radius 3 is 2.59 bits per heavy atom. The number of anilines is 1. The molecule has 11 heteroatoms. The van der Waals surface area contributed by atoms with Gasteiger partial charge in [-0.15, -0.1) is 0 Å². The number of fused-ring (bicyclic) bond motifs is 4. The van der Waals surface area contributed by atoms with Gasteiger partial charge in [-0.25, -0.2) is 14.5 Å². The van der Waals surface area contributed by atoms with Crippen LogP contribution in [0.25, 0.3) is 16.6 Å². The first-order valence-corrected chi connectivity index (χ1v) is 16.5. The molecule has 4 aromatic heterocycles. The van der Waals surface area contributed by atoms with Crippen molar-refractivity contribution in [1.82, 2.24) is 35.1 Å². The van der Waals surface area contributed by atoms with Gasteiger partial charge >= 0.3 is 0 Å². The predicted molar refractivity (Wildman–Crippen MR) is 175 cm³/mol. The molecule has 4 aliphatic heterocycles. The molecule has 9 rings (SSSR count). The van der Waals surface area contributed by atoms with Crippen LogP contribution in [0, 0.1) is 30.1 Å². The zero-order chi connectivity index (χ0) is 31.2. The van der Waals surface area contributed by atoms with Gasteiger partial charge in [0.05, 0.1) is 30.6 Å². The Morgan fingerprint density at radius 2 is 1.87 bits per heavy atom. The summed E-state index contributed by atoms with van der Waals surface area (Å²) in [4.78, 5) is 14.4. The summed E-state index contributed by atoms with van der Waals surface area (Å²) in [6.07, 6.45) is 11.1. The zero-order valence-electron chi connectivity index (χ0n) is 26.5. The second-order valence-electron chi connectivity index (χ2n) is 13.4. The molecule has 4 saturated heterocycles. The lowest BCUT2D eigenvalue weighted by Gasteiger charge is -2.57. The molecule has 2 bridgehead atoms. The molecule has 5 fully saturated rings. The molecule has 1 saturated carbocycles. The Bertz CT molecular complexity index is 1740. The lowest BCUT2D eigenvalue weighted by atomic mass is 9.86. The fourth-order valence-electron chi connectivity index (χ4n) is 8.24. The smallest absolute Gasteiger partial charge is 0.212 e. The summed E-state index contributed by atoms with van der Waals surface area (Å²) in [5, 5.41) is 21.6. The second-order valence-corrected chi connectivity index (χ2v) is 13.4. The van der Waals surface area contributed by atoms with Crippen molar-refractivity contribution < 1.29 is 9.47 Å². The van der Waals surface area contributed by atoms with Crippen LogP contribution in [0.4, 0.5) is 5.82 Å². The van der Waals surface area contributed by atoms with Gasteiger partial charge in [0, 0.05) is 73.9 Å². The lowest BCUT2D eigenvalue weighted by Crippen LogP contribution is -2.68. The van der Waals surface area contributed by atoms with Crippen molar-refractivity contribution in [3.63, 3.8) is 0 Å². The number of hydrogen-bond donors (Lipinski definition) is 2. The second kappa shape index (κ2) is 12.2. The number of ether oxygens (including phenoxy) is 2. The molecule has 238 valence electrons. The van der Waals surface area contributed by atoms with Crippen LogP contribution < -0.4 is 25.0 Å². The van der Waals surface area contributed by atoms with Gasteiger partial charge in [-0.3, -0.25) is 4.90 Å². The van der Waals surface area contributed by atoms with E-state index in [2.05, 4.69) is 55.6 Å². The number of pyridine rings is 3. The predicted octanol–water partition coefficient (Wildman–Crippen LogP) is 3.41. The minimum atomic E-state index is 0.500. The Labute approximate surface area is 269 Å². The highest BCUT2D eigenvalue weighted by atomic mass is 16.5. The van der Waals surface area contributed by atoms with Crippen LogP contribution in [0.2, 0.25) is 0 Å². The van der Waals surface area contributed by atoms with Gasteiger partial charge in [0.25, 0.3) is 0 Å². The number of piperidine rings is 1. The largest absolute Gasteiger partial charge is 0.491 e. The normalized spacial score (nSPS) is 25.3. The third-order valence-electron chi connectivity index (χ3n) is 10.5. The molecule has 0 spiro atoms. The fourth-order valence-corrected chi connectivity index (χ4v) is 8.24. The first kappa shape index (κ1) is 29.2. The highest BCUT2D eigenvalue weighted by molar-refractivity contribution is 5.85. The summed E-state index contributed by atoms with van der Waals surface area (Å²) in [5.41, 5.74) is 5.49. The molecule has 1 aliphatic carbocycles. The molecule has 46 heavy (non-hydrogen) atoms. The van der Waals surface area contributed by atoms with Crippen molar-refractivity contribution in [2.45, 2.75) is 50.9 Å². The molecule has 4 aromatic rings. The number of hydrogen-bond acceptors (Lipinski definition) is 10.